The summed E-state index contributed by atoms with van der Waals surface area (Å²) in [7, 11) is 0. The van der Waals surface area contributed by atoms with E-state index in [0.29, 0.717) is 28.6 Å². The van der Waals surface area contributed by atoms with Gasteiger partial charge < -0.3 is 10.6 Å². The van der Waals surface area contributed by atoms with E-state index in [0.717, 1.165) is 16.8 Å². The molecule has 0 saturated heterocycles. The van der Waals surface area contributed by atoms with Gasteiger partial charge in [-0.25, -0.2) is 4.98 Å². The maximum Gasteiger partial charge on any atom is 0.257 e. The zero-order valence-corrected chi connectivity index (χ0v) is 15.3. The van der Waals surface area contributed by atoms with Gasteiger partial charge in [-0.15, -0.1) is 0 Å². The number of hydrogen-bond donors (Lipinski definition) is 2. The summed E-state index contributed by atoms with van der Waals surface area (Å²) >= 11 is 6.24. The lowest BCUT2D eigenvalue weighted by Gasteiger charge is -2.12. The van der Waals surface area contributed by atoms with Crippen LogP contribution in [0, 0.1) is 13.8 Å². The molecule has 0 radical (unpaired) electrons. The molecule has 0 saturated carbocycles. The molecule has 2 aromatic heterocycles. The van der Waals surface area contributed by atoms with E-state index in [2.05, 4.69) is 20.6 Å². The van der Waals surface area contributed by atoms with Crippen LogP contribution in [0.1, 0.15) is 27.2 Å². The van der Waals surface area contributed by atoms with Crippen molar-refractivity contribution in [2.45, 2.75) is 20.4 Å². The summed E-state index contributed by atoms with van der Waals surface area (Å²) in [6.07, 6.45) is 3.28. The molecule has 0 fully saturated rings. The van der Waals surface area contributed by atoms with Crippen molar-refractivity contribution in [3.8, 4) is 0 Å². The Hall–Kier alpha value is -2.92. The van der Waals surface area contributed by atoms with Crippen molar-refractivity contribution in [2.75, 3.05) is 10.6 Å². The van der Waals surface area contributed by atoms with Crippen molar-refractivity contribution in [1.82, 2.24) is 9.97 Å². The van der Waals surface area contributed by atoms with E-state index >= 15 is 0 Å². The van der Waals surface area contributed by atoms with Gasteiger partial charge in [-0.1, -0.05) is 23.7 Å². The van der Waals surface area contributed by atoms with Gasteiger partial charge in [0.1, 0.15) is 5.82 Å². The summed E-state index contributed by atoms with van der Waals surface area (Å²) in [5.74, 6) is 0.430. The molecule has 3 rings (SSSR count). The Kier molecular flexibility index (Phi) is 5.49. The monoisotopic (exact) mass is 366 g/mol. The van der Waals surface area contributed by atoms with Crippen molar-refractivity contribution < 1.29 is 4.79 Å². The van der Waals surface area contributed by atoms with Crippen molar-refractivity contribution in [3.63, 3.8) is 0 Å². The molecule has 0 aliphatic carbocycles. The Morgan fingerprint density at radius 2 is 1.96 bits per heavy atom. The van der Waals surface area contributed by atoms with Gasteiger partial charge in [-0.05, 0) is 55.3 Å². The predicted molar refractivity (Wildman–Crippen MR) is 105 cm³/mol. The van der Waals surface area contributed by atoms with E-state index in [1.807, 2.05) is 44.2 Å². The quantitative estimate of drug-likeness (QED) is 0.691. The third-order valence-electron chi connectivity index (χ3n) is 3.87. The van der Waals surface area contributed by atoms with E-state index in [-0.39, 0.29) is 5.91 Å². The van der Waals surface area contributed by atoms with Gasteiger partial charge >= 0.3 is 0 Å². The largest absolute Gasteiger partial charge is 0.364 e. The van der Waals surface area contributed by atoms with Crippen molar-refractivity contribution in [2.24, 2.45) is 0 Å². The standard InChI is InChI=1S/C20H19ClN4O/c1-13-9-14(2)19(17(21)10-13)25-20(26)15-6-7-18(23-11-15)24-12-16-5-3-4-8-22-16/h3-11H,12H2,1-2H3,(H,23,24)(H,25,26). The first-order chi connectivity index (χ1) is 12.5. The molecule has 0 unspecified atom stereocenters. The molecule has 3 aromatic rings. The van der Waals surface area contributed by atoms with Crippen LogP contribution >= 0.6 is 11.6 Å². The molecule has 0 aliphatic rings. The number of nitrogens with zero attached hydrogens (tertiary/aromatic N) is 2. The van der Waals surface area contributed by atoms with Crippen LogP contribution in [-0.2, 0) is 6.54 Å². The van der Waals surface area contributed by atoms with Gasteiger partial charge in [-0.3, -0.25) is 9.78 Å². The number of halogens is 1. The molecule has 2 heterocycles. The van der Waals surface area contributed by atoms with Crippen LogP contribution in [0.15, 0.2) is 54.9 Å². The van der Waals surface area contributed by atoms with Crippen molar-refractivity contribution in [1.29, 1.82) is 0 Å². The van der Waals surface area contributed by atoms with Crippen LogP contribution in [0.2, 0.25) is 5.02 Å². The maximum absolute atomic E-state index is 12.5. The predicted octanol–water partition coefficient (Wildman–Crippen LogP) is 4.61. The normalized spacial score (nSPS) is 10.4. The number of rotatable bonds is 5. The number of nitrogens with one attached hydrogen (secondary N) is 2. The SMILES string of the molecule is Cc1cc(C)c(NC(=O)c2ccc(NCc3ccccn3)nc2)c(Cl)c1. The van der Waals surface area contributed by atoms with Crippen LogP contribution in [-0.4, -0.2) is 15.9 Å². The molecule has 26 heavy (non-hydrogen) atoms. The van der Waals surface area contributed by atoms with Gasteiger partial charge in [0, 0.05) is 12.4 Å². The lowest BCUT2D eigenvalue weighted by molar-refractivity contribution is 0.102. The Morgan fingerprint density at radius 1 is 1.12 bits per heavy atom. The highest BCUT2D eigenvalue weighted by Crippen LogP contribution is 2.27. The Bertz CT molecular complexity index is 888. The first kappa shape index (κ1) is 17.9. The minimum atomic E-state index is -0.248. The van der Waals surface area contributed by atoms with Crippen molar-refractivity contribution in [3.05, 3.63) is 82.3 Å². The number of carbonyl (C=O) groups is 1. The molecule has 0 atom stereocenters. The zero-order valence-electron chi connectivity index (χ0n) is 14.6. The summed E-state index contributed by atoms with van der Waals surface area (Å²) < 4.78 is 0. The zero-order chi connectivity index (χ0) is 18.5. The minimum Gasteiger partial charge on any atom is -0.364 e. The fourth-order valence-corrected chi connectivity index (χ4v) is 2.94. The highest BCUT2D eigenvalue weighted by atomic mass is 35.5. The molecule has 6 heteroatoms. The van der Waals surface area contributed by atoms with Crippen LogP contribution in [0.4, 0.5) is 11.5 Å². The molecule has 0 bridgehead atoms. The lowest BCUT2D eigenvalue weighted by atomic mass is 10.1. The highest BCUT2D eigenvalue weighted by molar-refractivity contribution is 6.34. The smallest absolute Gasteiger partial charge is 0.257 e. The topological polar surface area (TPSA) is 66.9 Å². The van der Waals surface area contributed by atoms with Gasteiger partial charge in [0.15, 0.2) is 0 Å². The molecule has 0 aliphatic heterocycles. The molecule has 1 aromatic carbocycles. The number of aromatic nitrogens is 2. The third kappa shape index (κ3) is 4.37. The van der Waals surface area contributed by atoms with Crippen molar-refractivity contribution >= 4 is 29.0 Å². The third-order valence-corrected chi connectivity index (χ3v) is 4.17. The summed E-state index contributed by atoms with van der Waals surface area (Å²) in [5, 5.41) is 6.56. The minimum absolute atomic E-state index is 0.248. The second-order valence-electron chi connectivity index (χ2n) is 6.00. The van der Waals surface area contributed by atoms with Gasteiger partial charge in [0.25, 0.3) is 5.91 Å². The summed E-state index contributed by atoms with van der Waals surface area (Å²) in [6.45, 7) is 4.44. The first-order valence-electron chi connectivity index (χ1n) is 8.21. The number of anilines is 2. The van der Waals surface area contributed by atoms with Crippen LogP contribution < -0.4 is 10.6 Å². The van der Waals surface area contributed by atoms with Crippen LogP contribution in [0.3, 0.4) is 0 Å². The second kappa shape index (κ2) is 7.97. The Balaban J connectivity index is 1.66. The molecular weight excluding hydrogens is 348 g/mol. The Labute approximate surface area is 157 Å². The van der Waals surface area contributed by atoms with Crippen LogP contribution in [0.25, 0.3) is 0 Å². The lowest BCUT2D eigenvalue weighted by Crippen LogP contribution is -2.14. The number of carbonyl (C=O) groups excluding carboxylic acids is 1. The maximum atomic E-state index is 12.5. The molecule has 5 nitrogen and oxygen atoms in total. The van der Waals surface area contributed by atoms with E-state index in [4.69, 9.17) is 11.6 Å². The number of hydrogen-bond acceptors (Lipinski definition) is 4. The molecule has 1 amide bonds. The number of amides is 1. The van der Waals surface area contributed by atoms with E-state index < -0.39 is 0 Å². The number of aryl methyl sites for hydroxylation is 2. The second-order valence-corrected chi connectivity index (χ2v) is 6.41. The molecule has 2 N–H and O–H groups in total. The Morgan fingerprint density at radius 3 is 2.62 bits per heavy atom. The van der Waals surface area contributed by atoms with Gasteiger partial charge in [0.05, 0.1) is 28.5 Å². The average molecular weight is 367 g/mol. The highest BCUT2D eigenvalue weighted by Gasteiger charge is 2.12. The number of benzene rings is 1. The summed E-state index contributed by atoms with van der Waals surface area (Å²) in [6, 6.07) is 13.0. The summed E-state index contributed by atoms with van der Waals surface area (Å²) in [4.78, 5) is 21.0. The first-order valence-corrected chi connectivity index (χ1v) is 8.58. The molecule has 0 spiro atoms. The van der Waals surface area contributed by atoms with Gasteiger partial charge in [-0.2, -0.15) is 0 Å². The fourth-order valence-electron chi connectivity index (χ4n) is 2.58. The summed E-state index contributed by atoms with van der Waals surface area (Å²) in [5.41, 5.74) is 3.98. The molecule has 132 valence electrons. The van der Waals surface area contributed by atoms with E-state index in [9.17, 15) is 4.79 Å². The van der Waals surface area contributed by atoms with Crippen LogP contribution in [0.5, 0.6) is 0 Å². The van der Waals surface area contributed by atoms with Gasteiger partial charge in [0.2, 0.25) is 0 Å². The van der Waals surface area contributed by atoms with E-state index in [1.165, 1.54) is 6.20 Å². The number of pyridine rings is 2. The molecular formula is C20H19ClN4O. The average Bonchev–Trinajstić information content (AvgIpc) is 2.64. The fraction of sp³-hybridized carbons (Fsp3) is 0.150. The van der Waals surface area contributed by atoms with E-state index in [1.54, 1.807) is 18.3 Å².